The van der Waals surface area contributed by atoms with Crippen molar-refractivity contribution in [3.05, 3.63) is 35.9 Å². The van der Waals surface area contributed by atoms with Gasteiger partial charge in [0, 0.05) is 45.6 Å². The van der Waals surface area contributed by atoms with Gasteiger partial charge in [-0.05, 0) is 18.6 Å². The summed E-state index contributed by atoms with van der Waals surface area (Å²) in [6.45, 7) is 5.49. The van der Waals surface area contributed by atoms with Crippen LogP contribution in [0.15, 0.2) is 24.3 Å². The molecule has 2 saturated heterocycles. The van der Waals surface area contributed by atoms with E-state index in [1.54, 1.807) is 0 Å². The standard InChI is InChI=1S/C25H32N8O3S/c1-3-20-27-18-6-4-5-7-19(18)33(20)25-29-23-22(24(30-25)32-11-13-36-14-12-32)28-21(31(23)2)8-10-26-17-9-15-37(34,35)16-17/h4-7,17,26H,3,8-16H2,1-2H3. The number of hydrogen-bond donors (Lipinski definition) is 1. The minimum absolute atomic E-state index is 0.0111. The number of hydrogen-bond acceptors (Lipinski definition) is 9. The number of imidazole rings is 2. The fourth-order valence-corrected chi connectivity index (χ4v) is 6.99. The second kappa shape index (κ2) is 9.66. The summed E-state index contributed by atoms with van der Waals surface area (Å²) in [5.74, 6) is 3.66. The fraction of sp³-hybridized carbons (Fsp3) is 0.520. The summed E-state index contributed by atoms with van der Waals surface area (Å²) in [6, 6.07) is 8.07. The average molecular weight is 525 g/mol. The van der Waals surface area contributed by atoms with Crippen molar-refractivity contribution in [2.75, 3.05) is 49.3 Å². The molecule has 2 fully saturated rings. The number of anilines is 1. The van der Waals surface area contributed by atoms with Crippen molar-refractivity contribution in [3.63, 3.8) is 0 Å². The van der Waals surface area contributed by atoms with E-state index >= 15 is 0 Å². The maximum atomic E-state index is 11.8. The van der Waals surface area contributed by atoms with Gasteiger partial charge in [-0.25, -0.2) is 18.4 Å². The molecule has 6 rings (SSSR count). The second-order valence-electron chi connectivity index (χ2n) is 9.72. The molecule has 5 heterocycles. The number of benzene rings is 1. The monoisotopic (exact) mass is 524 g/mol. The van der Waals surface area contributed by atoms with E-state index in [4.69, 9.17) is 24.7 Å². The molecule has 1 atom stereocenters. The maximum Gasteiger partial charge on any atom is 0.239 e. The topological polar surface area (TPSA) is 120 Å². The molecule has 11 nitrogen and oxygen atoms in total. The number of sulfone groups is 1. The van der Waals surface area contributed by atoms with E-state index in [2.05, 4.69) is 17.1 Å². The Bertz CT molecular complexity index is 1560. The molecule has 0 saturated carbocycles. The van der Waals surface area contributed by atoms with Crippen LogP contribution >= 0.6 is 0 Å². The molecular formula is C25H32N8O3S. The Morgan fingerprint density at radius 1 is 1.08 bits per heavy atom. The number of rotatable bonds is 7. The lowest BCUT2D eigenvalue weighted by atomic mass is 10.2. The maximum absolute atomic E-state index is 11.8. The van der Waals surface area contributed by atoms with Crippen LogP contribution in [0.1, 0.15) is 25.0 Å². The van der Waals surface area contributed by atoms with Gasteiger partial charge in [-0.3, -0.25) is 4.57 Å². The zero-order valence-electron chi connectivity index (χ0n) is 21.2. The molecule has 12 heteroatoms. The quantitative estimate of drug-likeness (QED) is 0.383. The van der Waals surface area contributed by atoms with Crippen molar-refractivity contribution in [2.45, 2.75) is 32.2 Å². The minimum atomic E-state index is -2.91. The Morgan fingerprint density at radius 3 is 2.65 bits per heavy atom. The summed E-state index contributed by atoms with van der Waals surface area (Å²) in [6.07, 6.45) is 2.08. The first kappa shape index (κ1) is 24.3. The highest BCUT2D eigenvalue weighted by Gasteiger charge is 2.28. The highest BCUT2D eigenvalue weighted by Crippen LogP contribution is 2.28. The molecule has 0 aliphatic carbocycles. The lowest BCUT2D eigenvalue weighted by molar-refractivity contribution is 0.122. The summed E-state index contributed by atoms with van der Waals surface area (Å²) in [5, 5.41) is 3.40. The summed E-state index contributed by atoms with van der Waals surface area (Å²) in [5.41, 5.74) is 3.44. The lowest BCUT2D eigenvalue weighted by Crippen LogP contribution is -2.37. The molecule has 0 bridgehead atoms. The van der Waals surface area contributed by atoms with Crippen LogP contribution < -0.4 is 10.2 Å². The van der Waals surface area contributed by atoms with Gasteiger partial charge in [0.25, 0.3) is 0 Å². The van der Waals surface area contributed by atoms with Crippen LogP contribution in [0.4, 0.5) is 5.82 Å². The Kier molecular flexibility index (Phi) is 6.33. The van der Waals surface area contributed by atoms with Gasteiger partial charge in [0.05, 0.1) is 35.8 Å². The van der Waals surface area contributed by atoms with Crippen LogP contribution in [-0.4, -0.2) is 87.9 Å². The third kappa shape index (κ3) is 4.57. The number of aryl methyl sites for hydroxylation is 2. The van der Waals surface area contributed by atoms with Gasteiger partial charge in [0.1, 0.15) is 11.6 Å². The van der Waals surface area contributed by atoms with Crippen molar-refractivity contribution in [2.24, 2.45) is 7.05 Å². The zero-order chi connectivity index (χ0) is 25.6. The van der Waals surface area contributed by atoms with E-state index in [1.165, 1.54) is 0 Å². The van der Waals surface area contributed by atoms with Gasteiger partial charge < -0.3 is 19.5 Å². The average Bonchev–Trinajstić information content (AvgIpc) is 3.56. The van der Waals surface area contributed by atoms with Crippen molar-refractivity contribution in [1.29, 1.82) is 0 Å². The van der Waals surface area contributed by atoms with E-state index in [0.717, 1.165) is 59.2 Å². The van der Waals surface area contributed by atoms with E-state index in [9.17, 15) is 8.42 Å². The predicted molar refractivity (Wildman–Crippen MR) is 142 cm³/mol. The Balaban J connectivity index is 1.40. The van der Waals surface area contributed by atoms with Crippen LogP contribution in [0.2, 0.25) is 0 Å². The first-order valence-electron chi connectivity index (χ1n) is 12.9. The fourth-order valence-electron chi connectivity index (χ4n) is 5.28. The Morgan fingerprint density at radius 2 is 1.89 bits per heavy atom. The van der Waals surface area contributed by atoms with E-state index in [-0.39, 0.29) is 17.5 Å². The summed E-state index contributed by atoms with van der Waals surface area (Å²) < 4.78 is 33.3. The van der Waals surface area contributed by atoms with E-state index < -0.39 is 9.84 Å². The Hall–Kier alpha value is -3.09. The molecule has 3 aromatic heterocycles. The molecule has 2 aliphatic rings. The smallest absolute Gasteiger partial charge is 0.239 e. The van der Waals surface area contributed by atoms with Crippen LogP contribution in [-0.2, 0) is 34.5 Å². The minimum Gasteiger partial charge on any atom is -0.378 e. The van der Waals surface area contributed by atoms with E-state index in [0.29, 0.717) is 38.5 Å². The number of para-hydroxylation sites is 2. The van der Waals surface area contributed by atoms with Crippen molar-refractivity contribution in [1.82, 2.24) is 34.4 Å². The third-order valence-electron chi connectivity index (χ3n) is 7.25. The molecular weight excluding hydrogens is 492 g/mol. The van der Waals surface area contributed by atoms with Gasteiger partial charge in [0.2, 0.25) is 5.95 Å². The third-order valence-corrected chi connectivity index (χ3v) is 9.02. The van der Waals surface area contributed by atoms with Gasteiger partial charge in [-0.2, -0.15) is 9.97 Å². The number of fused-ring (bicyclic) bond motifs is 2. The highest BCUT2D eigenvalue weighted by atomic mass is 32.2. The first-order chi connectivity index (χ1) is 17.9. The second-order valence-corrected chi connectivity index (χ2v) is 11.9. The van der Waals surface area contributed by atoms with Crippen LogP contribution in [0.25, 0.3) is 28.1 Å². The summed E-state index contributed by atoms with van der Waals surface area (Å²) >= 11 is 0. The molecule has 196 valence electrons. The van der Waals surface area contributed by atoms with Crippen LogP contribution in [0.3, 0.4) is 0 Å². The predicted octanol–water partition coefficient (Wildman–Crippen LogP) is 1.42. The molecule has 1 aromatic carbocycles. The van der Waals surface area contributed by atoms with Crippen LogP contribution in [0.5, 0.6) is 0 Å². The van der Waals surface area contributed by atoms with Gasteiger partial charge in [-0.15, -0.1) is 0 Å². The molecule has 1 unspecified atom stereocenters. The SMILES string of the molecule is CCc1nc2ccccc2n1-c1nc(N2CCOCC2)c2nc(CCNC3CCS(=O)(=O)C3)n(C)c2n1. The zero-order valence-corrected chi connectivity index (χ0v) is 22.0. The molecule has 0 amide bonds. The molecule has 1 N–H and O–H groups in total. The molecule has 37 heavy (non-hydrogen) atoms. The summed E-state index contributed by atoms with van der Waals surface area (Å²) in [4.78, 5) is 22.1. The molecule has 0 spiro atoms. The van der Waals surface area contributed by atoms with E-state index in [1.807, 2.05) is 40.4 Å². The Labute approximate surface area is 215 Å². The summed E-state index contributed by atoms with van der Waals surface area (Å²) in [7, 11) is -0.926. The van der Waals surface area contributed by atoms with Gasteiger partial charge >= 0.3 is 0 Å². The van der Waals surface area contributed by atoms with Gasteiger partial charge in [0.15, 0.2) is 26.8 Å². The normalized spacial score (nSPS) is 19.8. The number of ether oxygens (including phenoxy) is 1. The highest BCUT2D eigenvalue weighted by molar-refractivity contribution is 7.91. The molecule has 0 radical (unpaired) electrons. The number of morpholine rings is 1. The van der Waals surface area contributed by atoms with Crippen LogP contribution in [0, 0.1) is 0 Å². The largest absolute Gasteiger partial charge is 0.378 e. The number of nitrogens with zero attached hydrogens (tertiary/aromatic N) is 7. The van der Waals surface area contributed by atoms with Crippen molar-refractivity contribution in [3.8, 4) is 5.95 Å². The number of nitrogens with one attached hydrogen (secondary N) is 1. The van der Waals surface area contributed by atoms with Crippen molar-refractivity contribution < 1.29 is 13.2 Å². The first-order valence-corrected chi connectivity index (χ1v) is 14.7. The molecule has 2 aliphatic heterocycles. The van der Waals surface area contributed by atoms with Crippen molar-refractivity contribution >= 4 is 37.9 Å². The number of aromatic nitrogens is 6. The lowest BCUT2D eigenvalue weighted by Gasteiger charge is -2.28. The van der Waals surface area contributed by atoms with Gasteiger partial charge in [-0.1, -0.05) is 19.1 Å². The molecule has 4 aromatic rings.